The first-order valence-electron chi connectivity index (χ1n) is 6.96. The lowest BCUT2D eigenvalue weighted by Crippen LogP contribution is -2.26. The fourth-order valence-corrected chi connectivity index (χ4v) is 3.27. The van der Waals surface area contributed by atoms with Gasteiger partial charge in [0, 0.05) is 25.6 Å². The molecule has 2 aliphatic heterocycles. The van der Waals surface area contributed by atoms with Crippen LogP contribution in [0.2, 0.25) is 0 Å². The summed E-state index contributed by atoms with van der Waals surface area (Å²) in [5, 5.41) is 3.84. The highest BCUT2D eigenvalue weighted by Gasteiger charge is 2.44. The number of aromatic nitrogens is 2. The van der Waals surface area contributed by atoms with E-state index < -0.39 is 0 Å². The molecule has 0 aromatic carbocycles. The number of hydrogen-bond donors (Lipinski definition) is 0. The maximum atomic E-state index is 6.08. The van der Waals surface area contributed by atoms with E-state index in [-0.39, 0.29) is 6.10 Å². The van der Waals surface area contributed by atoms with Crippen molar-refractivity contribution in [2.24, 2.45) is 11.8 Å². The summed E-state index contributed by atoms with van der Waals surface area (Å²) in [5.41, 5.74) is 0. The van der Waals surface area contributed by atoms with Gasteiger partial charge in [0.05, 0.1) is 6.10 Å². The normalized spacial score (nSPS) is 36.2. The molecule has 3 atom stereocenters. The highest BCUT2D eigenvalue weighted by atomic mass is 16.5. The second-order valence-electron chi connectivity index (χ2n) is 6.00. The zero-order chi connectivity index (χ0) is 12.1. The molecule has 3 aliphatic rings. The van der Waals surface area contributed by atoms with Gasteiger partial charge in [-0.1, -0.05) is 5.16 Å². The second kappa shape index (κ2) is 4.03. The molecule has 2 saturated heterocycles. The predicted octanol–water partition coefficient (Wildman–Crippen LogP) is 1.55. The van der Waals surface area contributed by atoms with Gasteiger partial charge in [-0.05, 0) is 32.1 Å². The molecule has 98 valence electrons. The van der Waals surface area contributed by atoms with Crippen molar-refractivity contribution in [2.75, 3.05) is 19.6 Å². The molecule has 1 aliphatic carbocycles. The number of ether oxygens (including phenoxy) is 1. The van der Waals surface area contributed by atoms with Crippen LogP contribution < -0.4 is 0 Å². The lowest BCUT2D eigenvalue weighted by molar-refractivity contribution is 0.0201. The van der Waals surface area contributed by atoms with Gasteiger partial charge in [0.1, 0.15) is 6.10 Å². The van der Waals surface area contributed by atoms with Crippen LogP contribution in [0.3, 0.4) is 0 Å². The third-order valence-corrected chi connectivity index (χ3v) is 4.34. The minimum Gasteiger partial charge on any atom is -0.363 e. The maximum Gasteiger partial charge on any atom is 0.255 e. The fraction of sp³-hybridized carbons (Fsp3) is 0.846. The van der Waals surface area contributed by atoms with Crippen LogP contribution in [0.1, 0.15) is 37.1 Å². The Morgan fingerprint density at radius 1 is 1.33 bits per heavy atom. The number of likely N-dealkylation sites (tertiary alicyclic amines) is 1. The molecule has 0 bridgehead atoms. The molecule has 5 nitrogen and oxygen atoms in total. The van der Waals surface area contributed by atoms with E-state index >= 15 is 0 Å². The first-order chi connectivity index (χ1) is 8.78. The van der Waals surface area contributed by atoms with E-state index in [2.05, 4.69) is 15.0 Å². The zero-order valence-corrected chi connectivity index (χ0v) is 10.7. The van der Waals surface area contributed by atoms with Crippen molar-refractivity contribution < 1.29 is 9.26 Å². The third-order valence-electron chi connectivity index (χ3n) is 4.34. The van der Waals surface area contributed by atoms with E-state index in [4.69, 9.17) is 9.26 Å². The molecule has 5 heteroatoms. The Balaban J connectivity index is 1.38. The van der Waals surface area contributed by atoms with Gasteiger partial charge in [-0.15, -0.1) is 0 Å². The lowest BCUT2D eigenvalue weighted by Gasteiger charge is -2.17. The van der Waals surface area contributed by atoms with Gasteiger partial charge in [0.25, 0.3) is 5.89 Å². The van der Waals surface area contributed by atoms with Crippen LogP contribution in [0.5, 0.6) is 0 Å². The van der Waals surface area contributed by atoms with Crippen LogP contribution in [0, 0.1) is 18.8 Å². The Hall–Kier alpha value is -0.940. The van der Waals surface area contributed by atoms with Crippen LogP contribution in [-0.2, 0) is 4.74 Å². The standard InChI is InChI=1S/C13H19N3O2/c1-8-14-13(18-15-8)11-4-10-6-16(5-9-2-3-9)7-12(10)17-11/h9-12H,2-7H2,1H3/t10-,11-,12+/m0/s1. The molecule has 3 fully saturated rings. The average molecular weight is 249 g/mol. The molecule has 0 unspecified atom stereocenters. The molecule has 1 saturated carbocycles. The van der Waals surface area contributed by atoms with Crippen LogP contribution in [-0.4, -0.2) is 40.8 Å². The summed E-state index contributed by atoms with van der Waals surface area (Å²) in [6.45, 7) is 5.40. The van der Waals surface area contributed by atoms with E-state index in [1.54, 1.807) is 0 Å². The highest BCUT2D eigenvalue weighted by molar-refractivity contribution is 4.99. The van der Waals surface area contributed by atoms with Gasteiger partial charge in [-0.2, -0.15) is 4.98 Å². The van der Waals surface area contributed by atoms with Crippen LogP contribution in [0.15, 0.2) is 4.52 Å². The molecule has 0 amide bonds. The van der Waals surface area contributed by atoms with Gasteiger partial charge < -0.3 is 14.2 Å². The van der Waals surface area contributed by atoms with Gasteiger partial charge in [0.2, 0.25) is 0 Å². The van der Waals surface area contributed by atoms with Crippen molar-refractivity contribution in [3.05, 3.63) is 11.7 Å². The lowest BCUT2D eigenvalue weighted by atomic mass is 10.0. The average Bonchev–Trinajstić information content (AvgIpc) is 2.72. The second-order valence-corrected chi connectivity index (χ2v) is 6.00. The Kier molecular flexibility index (Phi) is 2.45. The van der Waals surface area contributed by atoms with Gasteiger partial charge in [-0.3, -0.25) is 0 Å². The van der Waals surface area contributed by atoms with Crippen molar-refractivity contribution in [2.45, 2.75) is 38.4 Å². The van der Waals surface area contributed by atoms with Crippen molar-refractivity contribution in [3.63, 3.8) is 0 Å². The smallest absolute Gasteiger partial charge is 0.255 e. The molecule has 1 aromatic heterocycles. The zero-order valence-electron chi connectivity index (χ0n) is 10.7. The van der Waals surface area contributed by atoms with Gasteiger partial charge >= 0.3 is 0 Å². The minimum absolute atomic E-state index is 0.0317. The van der Waals surface area contributed by atoms with E-state index in [0.717, 1.165) is 18.9 Å². The van der Waals surface area contributed by atoms with E-state index in [0.29, 0.717) is 23.7 Å². The monoisotopic (exact) mass is 249 g/mol. The third kappa shape index (κ3) is 1.95. The predicted molar refractivity (Wildman–Crippen MR) is 63.9 cm³/mol. The quantitative estimate of drug-likeness (QED) is 0.813. The number of hydrogen-bond acceptors (Lipinski definition) is 5. The van der Waals surface area contributed by atoms with Crippen LogP contribution in [0.25, 0.3) is 0 Å². The van der Waals surface area contributed by atoms with Crippen molar-refractivity contribution >= 4 is 0 Å². The summed E-state index contributed by atoms with van der Waals surface area (Å²) in [4.78, 5) is 6.85. The van der Waals surface area contributed by atoms with Crippen LogP contribution in [0.4, 0.5) is 0 Å². The number of nitrogens with zero attached hydrogens (tertiary/aromatic N) is 3. The number of rotatable bonds is 3. The van der Waals surface area contributed by atoms with E-state index in [1.807, 2.05) is 6.92 Å². The van der Waals surface area contributed by atoms with Crippen molar-refractivity contribution in [3.8, 4) is 0 Å². The minimum atomic E-state index is 0.0317. The van der Waals surface area contributed by atoms with E-state index in [9.17, 15) is 0 Å². The fourth-order valence-electron chi connectivity index (χ4n) is 3.27. The first kappa shape index (κ1) is 10.9. The Bertz CT molecular complexity index is 429. The van der Waals surface area contributed by atoms with Crippen molar-refractivity contribution in [1.82, 2.24) is 15.0 Å². The molecular weight excluding hydrogens is 230 g/mol. The molecule has 0 N–H and O–H groups in total. The SMILES string of the molecule is Cc1noc([C@@H]2C[C@H]3CN(CC4CC4)C[C@H]3O2)n1. The Morgan fingerprint density at radius 3 is 2.89 bits per heavy atom. The number of fused-ring (bicyclic) bond motifs is 1. The summed E-state index contributed by atoms with van der Waals surface area (Å²) in [6.07, 6.45) is 4.30. The summed E-state index contributed by atoms with van der Waals surface area (Å²) in [5.74, 6) is 2.98. The molecule has 0 spiro atoms. The molecule has 0 radical (unpaired) electrons. The first-order valence-corrected chi connectivity index (χ1v) is 6.96. The number of aryl methyl sites for hydroxylation is 1. The molecule has 4 rings (SSSR count). The molecule has 1 aromatic rings. The van der Waals surface area contributed by atoms with Gasteiger partial charge in [0.15, 0.2) is 5.82 Å². The summed E-state index contributed by atoms with van der Waals surface area (Å²) < 4.78 is 11.3. The summed E-state index contributed by atoms with van der Waals surface area (Å²) >= 11 is 0. The molecule has 3 heterocycles. The maximum absolute atomic E-state index is 6.08. The van der Waals surface area contributed by atoms with E-state index in [1.165, 1.54) is 25.9 Å². The highest BCUT2D eigenvalue weighted by Crippen LogP contribution is 2.41. The molecule has 18 heavy (non-hydrogen) atoms. The molecular formula is C13H19N3O2. The van der Waals surface area contributed by atoms with Crippen molar-refractivity contribution in [1.29, 1.82) is 0 Å². The largest absolute Gasteiger partial charge is 0.363 e. The summed E-state index contributed by atoms with van der Waals surface area (Å²) in [6, 6.07) is 0. The van der Waals surface area contributed by atoms with Gasteiger partial charge in [-0.25, -0.2) is 0 Å². The topological polar surface area (TPSA) is 51.4 Å². The Morgan fingerprint density at radius 2 is 2.22 bits per heavy atom. The summed E-state index contributed by atoms with van der Waals surface area (Å²) in [7, 11) is 0. The Labute approximate surface area is 106 Å². The van der Waals surface area contributed by atoms with Crippen LogP contribution >= 0.6 is 0 Å².